The van der Waals surface area contributed by atoms with Crippen LogP contribution in [0.5, 0.6) is 0 Å². The molecule has 1 atom stereocenters. The van der Waals surface area contributed by atoms with Crippen LogP contribution in [0.25, 0.3) is 0 Å². The maximum Gasteiger partial charge on any atom is 0.120 e. The molecule has 0 spiro atoms. The molecule has 1 aliphatic heterocycles. The average molecular weight is 181 g/mol. The van der Waals surface area contributed by atoms with E-state index in [9.17, 15) is 0 Å². The van der Waals surface area contributed by atoms with Crippen molar-refractivity contribution in [3.8, 4) is 0 Å². The van der Waals surface area contributed by atoms with Gasteiger partial charge in [0.2, 0.25) is 0 Å². The number of alkyl halides is 1. The van der Waals surface area contributed by atoms with Crippen molar-refractivity contribution >= 4 is 23.4 Å². The maximum absolute atomic E-state index is 5.39. The van der Waals surface area contributed by atoms with Crippen molar-refractivity contribution in [2.45, 2.75) is 24.5 Å². The van der Waals surface area contributed by atoms with Gasteiger partial charge in [0.25, 0.3) is 0 Å². The van der Waals surface area contributed by atoms with Gasteiger partial charge in [-0.2, -0.15) is 11.8 Å². The molecule has 10 heavy (non-hydrogen) atoms. The molecule has 0 aromatic heterocycles. The minimum Gasteiger partial charge on any atom is -0.365 e. The van der Waals surface area contributed by atoms with Crippen LogP contribution in [0.2, 0.25) is 0 Å². The summed E-state index contributed by atoms with van der Waals surface area (Å²) in [5.41, 5.74) is 0. The van der Waals surface area contributed by atoms with E-state index in [2.05, 4.69) is 0 Å². The van der Waals surface area contributed by atoms with Crippen molar-refractivity contribution in [2.24, 2.45) is 0 Å². The van der Waals surface area contributed by atoms with Crippen LogP contribution in [0.4, 0.5) is 0 Å². The molecule has 0 saturated carbocycles. The third-order valence-corrected chi connectivity index (χ3v) is 3.18. The van der Waals surface area contributed by atoms with Crippen molar-refractivity contribution in [1.29, 1.82) is 0 Å². The molecule has 1 heterocycles. The summed E-state index contributed by atoms with van der Waals surface area (Å²) in [6.45, 7) is 0.841. The molecule has 0 N–H and O–H groups in total. The van der Waals surface area contributed by atoms with Gasteiger partial charge >= 0.3 is 0 Å². The van der Waals surface area contributed by atoms with Gasteiger partial charge in [0.05, 0.1) is 6.61 Å². The van der Waals surface area contributed by atoms with E-state index in [0.717, 1.165) is 6.61 Å². The summed E-state index contributed by atoms with van der Waals surface area (Å²) in [4.78, 5) is 0. The van der Waals surface area contributed by atoms with Crippen LogP contribution in [-0.2, 0) is 4.74 Å². The minimum absolute atomic E-state index is 0.344. The van der Waals surface area contributed by atoms with Gasteiger partial charge in [-0.3, -0.25) is 0 Å². The van der Waals surface area contributed by atoms with Crippen LogP contribution >= 0.6 is 23.4 Å². The number of halogens is 1. The summed E-state index contributed by atoms with van der Waals surface area (Å²) < 4.78 is 5.12. The fraction of sp³-hybridized carbons (Fsp3) is 1.00. The second kappa shape index (κ2) is 5.28. The lowest BCUT2D eigenvalue weighted by Crippen LogP contribution is -2.15. The number of hydrogen-bond donors (Lipinski definition) is 0. The number of rotatable bonds is 3. The van der Waals surface area contributed by atoms with Gasteiger partial charge in [0, 0.05) is 5.25 Å². The molecule has 3 heteroatoms. The van der Waals surface area contributed by atoms with E-state index in [1.807, 2.05) is 11.8 Å². The lowest BCUT2D eigenvalue weighted by Gasteiger charge is -2.20. The molecule has 1 aliphatic rings. The fourth-order valence-corrected chi connectivity index (χ4v) is 2.43. The molecule has 0 aromatic rings. The monoisotopic (exact) mass is 180 g/mol. The molecule has 0 amide bonds. The molecule has 1 saturated heterocycles. The highest BCUT2D eigenvalue weighted by molar-refractivity contribution is 7.99. The van der Waals surface area contributed by atoms with Crippen molar-refractivity contribution in [1.82, 2.24) is 0 Å². The lowest BCUT2D eigenvalue weighted by atomic mass is 10.2. The Hall–Kier alpha value is 0.600. The van der Waals surface area contributed by atoms with E-state index in [-0.39, 0.29) is 0 Å². The molecule has 0 aromatic carbocycles. The molecule has 0 aliphatic carbocycles. The first kappa shape index (κ1) is 8.69. The van der Waals surface area contributed by atoms with Gasteiger partial charge in [0.15, 0.2) is 0 Å². The Bertz CT molecular complexity index is 83.7. The lowest BCUT2D eigenvalue weighted by molar-refractivity contribution is 0.176. The molecular weight excluding hydrogens is 168 g/mol. The summed E-state index contributed by atoms with van der Waals surface area (Å²) in [7, 11) is 0. The Kier molecular flexibility index (Phi) is 4.59. The van der Waals surface area contributed by atoms with E-state index in [0.29, 0.717) is 11.3 Å². The summed E-state index contributed by atoms with van der Waals surface area (Å²) in [5.74, 6) is 1.30. The highest BCUT2D eigenvalue weighted by atomic mass is 35.5. The molecular formula is C7H13ClOS. The fourth-order valence-electron chi connectivity index (χ4n) is 1.11. The predicted octanol–water partition coefficient (Wildman–Crippen LogP) is 2.49. The average Bonchev–Trinajstić information content (AvgIpc) is 2.03. The summed E-state index contributed by atoms with van der Waals surface area (Å²) in [6, 6.07) is 0.344. The number of ether oxygens (including phenoxy) is 1. The van der Waals surface area contributed by atoms with Gasteiger partial charge < -0.3 is 4.74 Å². The Labute approximate surface area is 71.5 Å². The summed E-state index contributed by atoms with van der Waals surface area (Å²) in [5, 5.41) is 0.715. The van der Waals surface area contributed by atoms with Crippen LogP contribution in [0.15, 0.2) is 0 Å². The van der Waals surface area contributed by atoms with Crippen LogP contribution in [0.3, 0.4) is 0 Å². The van der Waals surface area contributed by atoms with Crippen LogP contribution in [-0.4, -0.2) is 23.7 Å². The summed E-state index contributed by atoms with van der Waals surface area (Å²) in [6.07, 6.45) is 4.05. The maximum atomic E-state index is 5.39. The highest BCUT2D eigenvalue weighted by Gasteiger charge is 2.12. The van der Waals surface area contributed by atoms with Crippen LogP contribution in [0.1, 0.15) is 19.3 Å². The third-order valence-electron chi connectivity index (χ3n) is 1.65. The van der Waals surface area contributed by atoms with Gasteiger partial charge in [-0.1, -0.05) is 18.0 Å². The van der Waals surface area contributed by atoms with E-state index in [1.165, 1.54) is 25.0 Å². The predicted molar refractivity (Wildman–Crippen MR) is 46.8 cm³/mol. The van der Waals surface area contributed by atoms with Crippen molar-refractivity contribution in [2.75, 3.05) is 18.4 Å². The smallest absolute Gasteiger partial charge is 0.120 e. The molecule has 1 unspecified atom stereocenters. The largest absolute Gasteiger partial charge is 0.365 e. The van der Waals surface area contributed by atoms with E-state index < -0.39 is 0 Å². The normalized spacial score (nSPS) is 26.7. The zero-order valence-electron chi connectivity index (χ0n) is 6.01. The second-order valence-corrected chi connectivity index (χ2v) is 4.09. The van der Waals surface area contributed by atoms with Gasteiger partial charge in [-0.25, -0.2) is 0 Å². The van der Waals surface area contributed by atoms with Gasteiger partial charge in [-0.15, -0.1) is 0 Å². The zero-order valence-corrected chi connectivity index (χ0v) is 7.59. The topological polar surface area (TPSA) is 9.23 Å². The van der Waals surface area contributed by atoms with Gasteiger partial charge in [-0.05, 0) is 18.6 Å². The first-order valence-corrected chi connectivity index (χ1v) is 5.27. The first-order valence-electron chi connectivity index (χ1n) is 3.69. The Morgan fingerprint density at radius 2 is 2.40 bits per heavy atom. The molecule has 60 valence electrons. The highest BCUT2D eigenvalue weighted by Crippen LogP contribution is 2.24. The Morgan fingerprint density at radius 3 is 3.00 bits per heavy atom. The Morgan fingerprint density at radius 1 is 1.50 bits per heavy atom. The molecule has 0 radical (unpaired) electrons. The minimum atomic E-state index is 0.344. The number of hydrogen-bond acceptors (Lipinski definition) is 2. The van der Waals surface area contributed by atoms with Crippen LogP contribution < -0.4 is 0 Å². The Balaban J connectivity index is 2.02. The van der Waals surface area contributed by atoms with Crippen molar-refractivity contribution < 1.29 is 4.74 Å². The molecule has 1 nitrogen and oxygen atoms in total. The van der Waals surface area contributed by atoms with E-state index in [1.54, 1.807) is 0 Å². The number of thioether (sulfide) groups is 1. The molecule has 1 fully saturated rings. The van der Waals surface area contributed by atoms with Crippen LogP contribution in [0, 0.1) is 0 Å². The van der Waals surface area contributed by atoms with E-state index >= 15 is 0 Å². The van der Waals surface area contributed by atoms with Crippen molar-refractivity contribution in [3.05, 3.63) is 0 Å². The summed E-state index contributed by atoms with van der Waals surface area (Å²) >= 11 is 7.41. The standard InChI is InChI=1S/C7H13ClOS/c8-6-9-5-7-3-1-2-4-10-7/h7H,1-6H2. The molecule has 0 bridgehead atoms. The SMILES string of the molecule is ClCOCC1CCCCS1. The first-order chi connectivity index (χ1) is 4.93. The van der Waals surface area contributed by atoms with Crippen molar-refractivity contribution in [3.63, 3.8) is 0 Å². The zero-order chi connectivity index (χ0) is 7.23. The third kappa shape index (κ3) is 3.13. The van der Waals surface area contributed by atoms with E-state index in [4.69, 9.17) is 16.3 Å². The quantitative estimate of drug-likeness (QED) is 0.618. The molecule has 1 rings (SSSR count). The van der Waals surface area contributed by atoms with Gasteiger partial charge in [0.1, 0.15) is 6.07 Å². The second-order valence-electron chi connectivity index (χ2n) is 2.47.